The van der Waals surface area contributed by atoms with Gasteiger partial charge in [-0.25, -0.2) is 4.79 Å². The van der Waals surface area contributed by atoms with Crippen LogP contribution in [0.2, 0.25) is 0 Å². The first-order valence-corrected chi connectivity index (χ1v) is 8.82. The first-order chi connectivity index (χ1) is 10.9. The van der Waals surface area contributed by atoms with Crippen molar-refractivity contribution >= 4 is 21.6 Å². The Morgan fingerprint density at radius 1 is 1.35 bits per heavy atom. The minimum atomic E-state index is -0.210. The largest absolute Gasteiger partial charge is 0.331 e. The van der Waals surface area contributed by atoms with E-state index in [-0.39, 0.29) is 16.7 Å². The molecule has 1 saturated carbocycles. The van der Waals surface area contributed by atoms with Crippen LogP contribution in [0.25, 0.3) is 10.2 Å². The highest BCUT2D eigenvalue weighted by Crippen LogP contribution is 2.45. The van der Waals surface area contributed by atoms with Gasteiger partial charge in [0.25, 0.3) is 5.56 Å². The first-order valence-electron chi connectivity index (χ1n) is 8.00. The lowest BCUT2D eigenvalue weighted by Crippen LogP contribution is -2.40. The molecule has 6 nitrogen and oxygen atoms in total. The quantitative estimate of drug-likeness (QED) is 0.769. The summed E-state index contributed by atoms with van der Waals surface area (Å²) in [7, 11) is 1.75. The molecular formula is C16H24N4O2S. The smallest absolute Gasteiger partial charge is 0.329 e. The maximum Gasteiger partial charge on any atom is 0.331 e. The Hall–Kier alpha value is -1.44. The molecule has 0 saturated heterocycles. The SMILES string of the molecule is Cc1c(CNCCN)sc2c1c(=O)n(CC1(C)CC1)c(=O)n2C. The van der Waals surface area contributed by atoms with Gasteiger partial charge in [-0.1, -0.05) is 6.92 Å². The van der Waals surface area contributed by atoms with E-state index in [0.29, 0.717) is 25.0 Å². The van der Waals surface area contributed by atoms with Crippen LogP contribution in [0.3, 0.4) is 0 Å². The van der Waals surface area contributed by atoms with Gasteiger partial charge in [0.1, 0.15) is 4.83 Å². The normalized spacial score (nSPS) is 16.2. The van der Waals surface area contributed by atoms with E-state index in [0.717, 1.165) is 34.7 Å². The fourth-order valence-electron chi connectivity index (χ4n) is 2.89. The second-order valence-electron chi connectivity index (χ2n) is 6.84. The number of nitrogens with one attached hydrogen (secondary N) is 1. The van der Waals surface area contributed by atoms with E-state index in [1.165, 1.54) is 15.9 Å². The Labute approximate surface area is 138 Å². The summed E-state index contributed by atoms with van der Waals surface area (Å²) in [6, 6.07) is 0. The van der Waals surface area contributed by atoms with Gasteiger partial charge in [0, 0.05) is 38.1 Å². The van der Waals surface area contributed by atoms with E-state index in [9.17, 15) is 9.59 Å². The van der Waals surface area contributed by atoms with Crippen LogP contribution in [0.5, 0.6) is 0 Å². The zero-order valence-electron chi connectivity index (χ0n) is 13.9. The fourth-order valence-corrected chi connectivity index (χ4v) is 4.11. The molecule has 3 N–H and O–H groups in total. The zero-order valence-corrected chi connectivity index (χ0v) is 14.8. The lowest BCUT2D eigenvalue weighted by Gasteiger charge is -2.12. The van der Waals surface area contributed by atoms with E-state index < -0.39 is 0 Å². The van der Waals surface area contributed by atoms with Crippen molar-refractivity contribution in [3.8, 4) is 0 Å². The van der Waals surface area contributed by atoms with Crippen molar-refractivity contribution in [3.05, 3.63) is 31.3 Å². The zero-order chi connectivity index (χ0) is 16.8. The van der Waals surface area contributed by atoms with Gasteiger partial charge in [0.05, 0.1) is 5.39 Å². The Bertz CT molecular complexity index is 858. The summed E-state index contributed by atoms with van der Waals surface area (Å²) in [5, 5.41) is 3.94. The molecule has 0 amide bonds. The van der Waals surface area contributed by atoms with E-state index in [1.54, 1.807) is 11.6 Å². The van der Waals surface area contributed by atoms with Gasteiger partial charge in [-0.2, -0.15) is 0 Å². The molecule has 0 atom stereocenters. The van der Waals surface area contributed by atoms with Crippen LogP contribution in [0.15, 0.2) is 9.59 Å². The van der Waals surface area contributed by atoms with Gasteiger partial charge < -0.3 is 11.1 Å². The van der Waals surface area contributed by atoms with Crippen molar-refractivity contribution in [2.45, 2.75) is 39.8 Å². The summed E-state index contributed by atoms with van der Waals surface area (Å²) in [6.45, 7) is 6.60. The molecule has 1 aliphatic rings. The molecule has 0 bridgehead atoms. The predicted octanol–water partition coefficient (Wildman–Crippen LogP) is 0.919. The molecule has 0 aliphatic heterocycles. The molecule has 0 aromatic carbocycles. The second kappa shape index (κ2) is 5.89. The van der Waals surface area contributed by atoms with E-state index in [4.69, 9.17) is 5.73 Å². The number of hydrogen-bond donors (Lipinski definition) is 2. The lowest BCUT2D eigenvalue weighted by molar-refractivity contribution is 0.436. The third-order valence-electron chi connectivity index (χ3n) is 4.76. The Morgan fingerprint density at radius 2 is 2.04 bits per heavy atom. The molecule has 3 rings (SSSR count). The number of hydrogen-bond acceptors (Lipinski definition) is 5. The van der Waals surface area contributed by atoms with Crippen molar-refractivity contribution < 1.29 is 0 Å². The van der Waals surface area contributed by atoms with Crippen molar-refractivity contribution in [1.29, 1.82) is 0 Å². The van der Waals surface area contributed by atoms with Gasteiger partial charge in [0.2, 0.25) is 0 Å². The van der Waals surface area contributed by atoms with Crippen LogP contribution in [-0.2, 0) is 20.1 Å². The Balaban J connectivity index is 2.12. The van der Waals surface area contributed by atoms with Crippen molar-refractivity contribution in [3.63, 3.8) is 0 Å². The summed E-state index contributed by atoms with van der Waals surface area (Å²) in [5.74, 6) is 0. The molecule has 7 heteroatoms. The maximum absolute atomic E-state index is 12.9. The van der Waals surface area contributed by atoms with Gasteiger partial charge in [-0.05, 0) is 30.7 Å². The number of fused-ring (bicyclic) bond motifs is 1. The van der Waals surface area contributed by atoms with E-state index in [1.807, 2.05) is 6.92 Å². The molecule has 23 heavy (non-hydrogen) atoms. The van der Waals surface area contributed by atoms with Crippen molar-refractivity contribution in [2.24, 2.45) is 18.2 Å². The lowest BCUT2D eigenvalue weighted by atomic mass is 10.1. The third kappa shape index (κ3) is 2.88. The molecule has 0 spiro atoms. The molecule has 2 aromatic heterocycles. The molecule has 1 fully saturated rings. The standard InChI is InChI=1S/C16H24N4O2S/c1-10-11(8-18-7-6-17)23-14-12(10)13(21)20(15(22)19(14)3)9-16(2)4-5-16/h18H,4-9,17H2,1-3H3. The highest BCUT2D eigenvalue weighted by molar-refractivity contribution is 7.18. The number of aryl methyl sites for hydroxylation is 2. The Morgan fingerprint density at radius 3 is 2.65 bits per heavy atom. The van der Waals surface area contributed by atoms with E-state index >= 15 is 0 Å². The molecule has 2 heterocycles. The number of thiophene rings is 1. The molecular weight excluding hydrogens is 312 g/mol. The summed E-state index contributed by atoms with van der Waals surface area (Å²) >= 11 is 1.52. The summed E-state index contributed by atoms with van der Waals surface area (Å²) in [4.78, 5) is 27.3. The second-order valence-corrected chi connectivity index (χ2v) is 7.92. The minimum Gasteiger partial charge on any atom is -0.329 e. The van der Waals surface area contributed by atoms with Crippen LogP contribution >= 0.6 is 11.3 Å². The molecule has 126 valence electrons. The van der Waals surface area contributed by atoms with Gasteiger partial charge in [-0.3, -0.25) is 13.9 Å². The van der Waals surface area contributed by atoms with Crippen LogP contribution in [0, 0.1) is 12.3 Å². The summed E-state index contributed by atoms with van der Waals surface area (Å²) < 4.78 is 3.04. The first kappa shape index (κ1) is 16.4. The topological polar surface area (TPSA) is 82.1 Å². The van der Waals surface area contributed by atoms with Crippen LogP contribution < -0.4 is 22.3 Å². The number of aromatic nitrogens is 2. The monoisotopic (exact) mass is 336 g/mol. The highest BCUT2D eigenvalue weighted by Gasteiger charge is 2.38. The van der Waals surface area contributed by atoms with Crippen molar-refractivity contribution in [1.82, 2.24) is 14.5 Å². The molecule has 0 unspecified atom stereocenters. The van der Waals surface area contributed by atoms with Crippen LogP contribution in [0.1, 0.15) is 30.2 Å². The molecule has 0 radical (unpaired) electrons. The van der Waals surface area contributed by atoms with Gasteiger partial charge in [0.15, 0.2) is 0 Å². The number of rotatable bonds is 6. The van der Waals surface area contributed by atoms with Crippen LogP contribution in [0.4, 0.5) is 0 Å². The Kier molecular flexibility index (Phi) is 4.20. The molecule has 2 aromatic rings. The average Bonchev–Trinajstić information content (AvgIpc) is 3.15. The average molecular weight is 336 g/mol. The van der Waals surface area contributed by atoms with E-state index in [2.05, 4.69) is 12.2 Å². The number of nitrogens with zero attached hydrogens (tertiary/aromatic N) is 2. The summed E-state index contributed by atoms with van der Waals surface area (Å²) in [6.07, 6.45) is 2.16. The maximum atomic E-state index is 12.9. The fraction of sp³-hybridized carbons (Fsp3) is 0.625. The van der Waals surface area contributed by atoms with Crippen molar-refractivity contribution in [2.75, 3.05) is 13.1 Å². The minimum absolute atomic E-state index is 0.110. The third-order valence-corrected chi connectivity index (χ3v) is 6.13. The predicted molar refractivity (Wildman–Crippen MR) is 94.2 cm³/mol. The van der Waals surface area contributed by atoms with Gasteiger partial charge >= 0.3 is 5.69 Å². The number of nitrogens with two attached hydrogens (primary N) is 1. The van der Waals surface area contributed by atoms with Crippen LogP contribution in [-0.4, -0.2) is 22.2 Å². The highest BCUT2D eigenvalue weighted by atomic mass is 32.1. The molecule has 1 aliphatic carbocycles. The summed E-state index contributed by atoms with van der Waals surface area (Å²) in [5.41, 5.74) is 6.23. The van der Waals surface area contributed by atoms with Gasteiger partial charge in [-0.15, -0.1) is 11.3 Å².